The second-order valence-electron chi connectivity index (χ2n) is 8.14. The molecule has 0 saturated carbocycles. The minimum Gasteiger partial charge on any atom is -0.378 e. The molecule has 177 valence electrons. The Kier molecular flexibility index (Phi) is 11.5. The number of rotatable bonds is 7. The lowest BCUT2D eigenvalue weighted by atomic mass is 10.0. The minimum absolute atomic E-state index is 0. The summed E-state index contributed by atoms with van der Waals surface area (Å²) >= 11 is 1.54. The van der Waals surface area contributed by atoms with Gasteiger partial charge in [0.2, 0.25) is 0 Å². The molecule has 0 spiro atoms. The normalized spacial score (nSPS) is 21.9. The number of hydrogen-bond donors (Lipinski definition) is 2. The summed E-state index contributed by atoms with van der Waals surface area (Å²) in [5.41, 5.74) is 9.67. The molecule has 1 saturated heterocycles. The van der Waals surface area contributed by atoms with Crippen LogP contribution in [0.3, 0.4) is 0 Å². The number of allylic oxidation sites excluding steroid dienone is 8. The van der Waals surface area contributed by atoms with Gasteiger partial charge in [-0.15, -0.1) is 9.90 Å². The van der Waals surface area contributed by atoms with E-state index in [9.17, 15) is 0 Å². The van der Waals surface area contributed by atoms with Crippen LogP contribution in [0, 0.1) is 0 Å². The maximum absolute atomic E-state index is 6.18. The Labute approximate surface area is 206 Å². The third-order valence-corrected chi connectivity index (χ3v) is 6.52. The Morgan fingerprint density at radius 1 is 1.12 bits per heavy atom. The van der Waals surface area contributed by atoms with Crippen LogP contribution in [0.2, 0.25) is 0 Å². The molecule has 1 aromatic rings. The summed E-state index contributed by atoms with van der Waals surface area (Å²) in [5, 5.41) is 3.92. The van der Waals surface area contributed by atoms with Crippen molar-refractivity contribution < 1.29 is 0 Å². The number of aliphatic imine (C=N–C) groups is 1. The topological polar surface area (TPSA) is 56.9 Å². The van der Waals surface area contributed by atoms with Crippen LogP contribution in [0.15, 0.2) is 89.3 Å². The third kappa shape index (κ3) is 8.88. The maximum Gasteiger partial charge on any atom is 0.161 e. The zero-order chi connectivity index (χ0) is 22.8. The van der Waals surface area contributed by atoms with Crippen LogP contribution in [-0.4, -0.2) is 49.0 Å². The smallest absolute Gasteiger partial charge is 0.161 e. The number of nitrogens with two attached hydrogens (primary N) is 1. The Bertz CT molecular complexity index is 921. The van der Waals surface area contributed by atoms with Crippen molar-refractivity contribution in [1.82, 2.24) is 4.90 Å². The van der Waals surface area contributed by atoms with Crippen LogP contribution in [0.1, 0.15) is 19.8 Å². The highest BCUT2D eigenvalue weighted by molar-refractivity contribution is 8.13. The van der Waals surface area contributed by atoms with Gasteiger partial charge in [-0.25, -0.2) is 4.99 Å². The minimum atomic E-state index is 0. The molecule has 1 fully saturated rings. The van der Waals surface area contributed by atoms with Crippen molar-refractivity contribution in [3.63, 3.8) is 0 Å². The van der Waals surface area contributed by atoms with Gasteiger partial charge < -0.3 is 20.9 Å². The molecule has 1 aliphatic carbocycles. The summed E-state index contributed by atoms with van der Waals surface area (Å²) in [6.07, 6.45) is 18.7. The fourth-order valence-electron chi connectivity index (χ4n) is 3.72. The summed E-state index contributed by atoms with van der Waals surface area (Å²) in [5.74, 6) is 1.53. The number of hydrogen-bond acceptors (Lipinski definition) is 5. The highest BCUT2D eigenvalue weighted by Gasteiger charge is 2.20. The van der Waals surface area contributed by atoms with Crippen LogP contribution in [0.4, 0.5) is 11.4 Å². The number of amidine groups is 1. The van der Waals surface area contributed by atoms with Crippen molar-refractivity contribution in [2.45, 2.75) is 25.8 Å². The molecule has 1 heterocycles. The standard InChI is InChI=1S/C26H35N5S.H2P/c1-4-25(29-26(27)32-20-21-10-8-6-5-7-9-11-21)28-22-12-14-24(15-13-22)31-18-16-23(17-19-31)30(2)3;/h4-15,23,28H,16-20H2,1-3H3,(H2,27,29);1H2/b6-5-,7-5?,8-6?,9-7-,10-8-,11-9?,21-10?,21-11+,25-4+;. The fraction of sp³-hybridized carbons (Fsp3) is 0.346. The molecule has 0 aromatic heterocycles. The van der Waals surface area contributed by atoms with Crippen LogP contribution in [0.25, 0.3) is 0 Å². The second-order valence-corrected chi connectivity index (χ2v) is 9.13. The lowest BCUT2D eigenvalue weighted by molar-refractivity contribution is 0.249. The molecule has 1 aromatic carbocycles. The predicted molar refractivity (Wildman–Crippen MR) is 152 cm³/mol. The van der Waals surface area contributed by atoms with Gasteiger partial charge in [0.25, 0.3) is 0 Å². The van der Waals surface area contributed by atoms with Crippen molar-refractivity contribution in [1.29, 1.82) is 0 Å². The lowest BCUT2D eigenvalue weighted by Crippen LogP contribution is -2.41. The molecular formula is C26H37N5PS. The van der Waals surface area contributed by atoms with Crippen LogP contribution < -0.4 is 16.0 Å². The molecule has 5 nitrogen and oxygen atoms in total. The molecular weight excluding hydrogens is 445 g/mol. The van der Waals surface area contributed by atoms with E-state index >= 15 is 0 Å². The average Bonchev–Trinajstić information content (AvgIpc) is 2.78. The van der Waals surface area contributed by atoms with Gasteiger partial charge in [-0.05, 0) is 69.8 Å². The van der Waals surface area contributed by atoms with E-state index in [0.29, 0.717) is 11.2 Å². The summed E-state index contributed by atoms with van der Waals surface area (Å²) in [6, 6.07) is 9.28. The Morgan fingerprint density at radius 3 is 2.45 bits per heavy atom. The first kappa shape index (κ1) is 27.0. The summed E-state index contributed by atoms with van der Waals surface area (Å²) in [6.45, 7) is 4.17. The monoisotopic (exact) mass is 482 g/mol. The maximum atomic E-state index is 6.18. The van der Waals surface area contributed by atoms with Crippen molar-refractivity contribution in [3.8, 4) is 0 Å². The Balaban J connectivity index is 0.00000385. The van der Waals surface area contributed by atoms with Gasteiger partial charge in [-0.1, -0.05) is 54.3 Å². The quantitative estimate of drug-likeness (QED) is 0.307. The van der Waals surface area contributed by atoms with Crippen LogP contribution in [0.5, 0.6) is 0 Å². The van der Waals surface area contributed by atoms with E-state index < -0.39 is 0 Å². The number of nitrogens with zero attached hydrogens (tertiary/aromatic N) is 3. The van der Waals surface area contributed by atoms with E-state index in [-0.39, 0.29) is 9.90 Å². The second kappa shape index (κ2) is 14.1. The van der Waals surface area contributed by atoms with Gasteiger partial charge in [0.05, 0.1) is 0 Å². The average molecular weight is 483 g/mol. The molecule has 2 aliphatic rings. The molecule has 3 N–H and O–H groups in total. The van der Waals surface area contributed by atoms with Gasteiger partial charge in [0.1, 0.15) is 5.82 Å². The zero-order valence-electron chi connectivity index (χ0n) is 19.9. The van der Waals surface area contributed by atoms with E-state index in [1.165, 1.54) is 35.9 Å². The van der Waals surface area contributed by atoms with Crippen molar-refractivity contribution in [2.75, 3.05) is 43.2 Å². The molecule has 7 heteroatoms. The number of piperidine rings is 1. The molecule has 33 heavy (non-hydrogen) atoms. The zero-order valence-corrected chi connectivity index (χ0v) is 21.9. The van der Waals surface area contributed by atoms with Crippen LogP contribution in [-0.2, 0) is 0 Å². The number of anilines is 2. The Morgan fingerprint density at radius 2 is 1.79 bits per heavy atom. The first-order valence-corrected chi connectivity index (χ1v) is 12.2. The van der Waals surface area contributed by atoms with E-state index in [0.717, 1.165) is 30.4 Å². The van der Waals surface area contributed by atoms with Gasteiger partial charge >= 0.3 is 0 Å². The van der Waals surface area contributed by atoms with E-state index in [1.54, 1.807) is 0 Å². The molecule has 0 amide bonds. The summed E-state index contributed by atoms with van der Waals surface area (Å²) < 4.78 is 0. The summed E-state index contributed by atoms with van der Waals surface area (Å²) in [7, 11) is 4.35. The van der Waals surface area contributed by atoms with Gasteiger partial charge in [0.15, 0.2) is 5.17 Å². The molecule has 1 aliphatic heterocycles. The van der Waals surface area contributed by atoms with Gasteiger partial charge in [0, 0.05) is 36.3 Å². The molecule has 0 unspecified atom stereocenters. The van der Waals surface area contributed by atoms with Crippen molar-refractivity contribution in [3.05, 3.63) is 84.3 Å². The molecule has 1 radical (unpaired) electrons. The van der Waals surface area contributed by atoms with E-state index in [2.05, 4.69) is 70.6 Å². The van der Waals surface area contributed by atoms with Gasteiger partial charge in [-0.2, -0.15) is 0 Å². The van der Waals surface area contributed by atoms with Crippen molar-refractivity contribution >= 4 is 38.2 Å². The lowest BCUT2D eigenvalue weighted by Gasteiger charge is -2.36. The third-order valence-electron chi connectivity index (χ3n) is 5.66. The van der Waals surface area contributed by atoms with Gasteiger partial charge in [-0.3, -0.25) is 0 Å². The molecule has 0 atom stereocenters. The first-order chi connectivity index (χ1) is 15.5. The highest BCUT2D eigenvalue weighted by atomic mass is 32.2. The first-order valence-electron chi connectivity index (χ1n) is 11.2. The number of thioether (sulfide) groups is 1. The number of benzene rings is 1. The predicted octanol–water partition coefficient (Wildman–Crippen LogP) is 5.47. The van der Waals surface area contributed by atoms with E-state index in [4.69, 9.17) is 5.73 Å². The SMILES string of the molecule is C/C=C(/N=C(\N)SCC1=C/C=C\C=C/C=C\1)Nc1ccc(N2CCC(N(C)C)CC2)cc1.[PH2]. The Hall–Kier alpha value is -2.27. The highest BCUT2D eigenvalue weighted by Crippen LogP contribution is 2.24. The fourth-order valence-corrected chi connectivity index (χ4v) is 4.39. The summed E-state index contributed by atoms with van der Waals surface area (Å²) in [4.78, 5) is 9.37. The molecule has 0 bridgehead atoms. The van der Waals surface area contributed by atoms with E-state index in [1.807, 2.05) is 43.4 Å². The van der Waals surface area contributed by atoms with Crippen LogP contribution >= 0.6 is 21.7 Å². The number of nitrogens with one attached hydrogen (secondary N) is 1. The largest absolute Gasteiger partial charge is 0.378 e. The molecule has 3 rings (SSSR count). The van der Waals surface area contributed by atoms with Crippen molar-refractivity contribution in [2.24, 2.45) is 10.7 Å².